The maximum Gasteiger partial charge on any atom is 0.449 e. The van der Waals surface area contributed by atoms with Crippen molar-refractivity contribution in [2.45, 2.75) is 64.5 Å². The van der Waals surface area contributed by atoms with Gasteiger partial charge in [-0.15, -0.1) is 0 Å². The van der Waals surface area contributed by atoms with E-state index in [9.17, 15) is 41.0 Å². The van der Waals surface area contributed by atoms with Gasteiger partial charge in [-0.2, -0.15) is 13.2 Å². The molecule has 1 aliphatic rings. The molecule has 35 heavy (non-hydrogen) atoms. The summed E-state index contributed by atoms with van der Waals surface area (Å²) in [6.45, 7) is 4.23. The van der Waals surface area contributed by atoms with Crippen LogP contribution in [0, 0.1) is 17.5 Å². The lowest BCUT2D eigenvalue weighted by Gasteiger charge is -2.40. The molecule has 192 valence electrons. The van der Waals surface area contributed by atoms with E-state index in [0.717, 1.165) is 15.7 Å². The lowest BCUT2D eigenvalue weighted by atomic mass is 9.95. The minimum Gasteiger partial charge on any atom is -0.465 e. The molecule has 1 aliphatic heterocycles. The maximum absolute atomic E-state index is 14.3. The fourth-order valence-electron chi connectivity index (χ4n) is 4.27. The molecular weight excluding hydrogens is 482 g/mol. The molecule has 2 aromatic rings. The van der Waals surface area contributed by atoms with Gasteiger partial charge in [-0.05, 0) is 38.8 Å². The summed E-state index contributed by atoms with van der Waals surface area (Å²) in [6, 6.07) is -0.212. The van der Waals surface area contributed by atoms with Gasteiger partial charge in [0.15, 0.2) is 11.6 Å². The van der Waals surface area contributed by atoms with Crippen molar-refractivity contribution < 1.29 is 41.0 Å². The summed E-state index contributed by atoms with van der Waals surface area (Å²) in [4.78, 5) is 30.7. The highest BCUT2D eigenvalue weighted by Crippen LogP contribution is 2.31. The molecule has 2 heterocycles. The fraction of sp³-hybridized carbons (Fsp3) is 0.500. The third-order valence-electron chi connectivity index (χ3n) is 5.74. The number of halogens is 6. The van der Waals surface area contributed by atoms with Crippen molar-refractivity contribution in [2.24, 2.45) is 0 Å². The number of rotatable bonds is 5. The van der Waals surface area contributed by atoms with Crippen LogP contribution in [-0.2, 0) is 30.5 Å². The Balaban J connectivity index is 1.87. The first-order chi connectivity index (χ1) is 16.1. The highest BCUT2D eigenvalue weighted by atomic mass is 19.4. The van der Waals surface area contributed by atoms with Crippen LogP contribution in [0.15, 0.2) is 18.3 Å². The molecule has 0 saturated heterocycles. The molecule has 2 amide bonds. The average Bonchev–Trinajstić information content (AvgIpc) is 3.14. The van der Waals surface area contributed by atoms with Crippen LogP contribution < -0.4 is 0 Å². The number of hydrogen-bond donors (Lipinski definition) is 1. The third kappa shape index (κ3) is 5.70. The van der Waals surface area contributed by atoms with Crippen LogP contribution in [0.4, 0.5) is 31.1 Å². The lowest BCUT2D eigenvalue weighted by Crippen LogP contribution is -2.54. The van der Waals surface area contributed by atoms with E-state index >= 15 is 0 Å². The van der Waals surface area contributed by atoms with Crippen molar-refractivity contribution in [3.8, 4) is 0 Å². The molecule has 0 bridgehead atoms. The molecule has 1 N–H and O–H groups in total. The van der Waals surface area contributed by atoms with Gasteiger partial charge in [0.1, 0.15) is 5.82 Å². The quantitative estimate of drug-likeness (QED) is 0.481. The SMILES string of the molecule is CC(C)(C)N(C(=O)O)[C@@H](CC(=O)N1CCn2c(cnc2C(F)(F)F)C1)Cc1cc(F)c(F)cc1F. The number of carboxylic acid groups (broad SMARTS) is 1. The molecule has 1 aromatic carbocycles. The standard InChI is InChI=1S/C22H24F6N4O3/c1-21(2,3)32(20(34)35)13(6-12-7-16(24)17(25)9-15(12)23)8-18(33)30-4-5-31-14(11-30)10-29-19(31)22(26,27)28/h7,9-10,13H,4-6,8,11H2,1-3H3,(H,34,35)/t13-/m1/s1. The van der Waals surface area contributed by atoms with E-state index in [0.29, 0.717) is 12.1 Å². The molecule has 7 nitrogen and oxygen atoms in total. The van der Waals surface area contributed by atoms with Gasteiger partial charge >= 0.3 is 12.3 Å². The second-order valence-electron chi connectivity index (χ2n) is 9.28. The van der Waals surface area contributed by atoms with E-state index in [-0.39, 0.29) is 30.9 Å². The molecular formula is C22H24F6N4O3. The van der Waals surface area contributed by atoms with E-state index in [1.54, 1.807) is 20.8 Å². The Morgan fingerprint density at radius 2 is 1.71 bits per heavy atom. The predicted octanol–water partition coefficient (Wildman–Crippen LogP) is 4.44. The number of hydrogen-bond acceptors (Lipinski definition) is 3. The number of alkyl halides is 3. The van der Waals surface area contributed by atoms with Crippen molar-refractivity contribution in [3.63, 3.8) is 0 Å². The van der Waals surface area contributed by atoms with Crippen LogP contribution in [-0.4, -0.2) is 54.6 Å². The van der Waals surface area contributed by atoms with Crippen LogP contribution >= 0.6 is 0 Å². The van der Waals surface area contributed by atoms with E-state index in [1.807, 2.05) is 0 Å². The van der Waals surface area contributed by atoms with Crippen LogP contribution in [0.2, 0.25) is 0 Å². The highest BCUT2D eigenvalue weighted by Gasteiger charge is 2.40. The summed E-state index contributed by atoms with van der Waals surface area (Å²) in [7, 11) is 0. The second kappa shape index (κ2) is 9.42. The number of nitrogens with zero attached hydrogens (tertiary/aromatic N) is 4. The monoisotopic (exact) mass is 506 g/mol. The van der Waals surface area contributed by atoms with Crippen LogP contribution in [0.3, 0.4) is 0 Å². The van der Waals surface area contributed by atoms with Gasteiger partial charge in [-0.3, -0.25) is 9.69 Å². The minimum absolute atomic E-state index is 0.0832. The fourth-order valence-corrected chi connectivity index (χ4v) is 4.27. The number of carbonyl (C=O) groups is 2. The topological polar surface area (TPSA) is 78.7 Å². The second-order valence-corrected chi connectivity index (χ2v) is 9.28. The summed E-state index contributed by atoms with van der Waals surface area (Å²) in [5.74, 6) is -5.49. The number of carbonyl (C=O) groups excluding carboxylic acids is 1. The Morgan fingerprint density at radius 3 is 2.29 bits per heavy atom. The van der Waals surface area contributed by atoms with Crippen LogP contribution in [0.25, 0.3) is 0 Å². The summed E-state index contributed by atoms with van der Waals surface area (Å²) < 4.78 is 81.7. The van der Waals surface area contributed by atoms with Crippen molar-refractivity contribution in [2.75, 3.05) is 6.54 Å². The van der Waals surface area contributed by atoms with E-state index in [1.165, 1.54) is 4.90 Å². The van der Waals surface area contributed by atoms with Crippen molar-refractivity contribution in [1.82, 2.24) is 19.4 Å². The molecule has 0 radical (unpaired) electrons. The highest BCUT2D eigenvalue weighted by molar-refractivity contribution is 5.78. The molecule has 0 unspecified atom stereocenters. The third-order valence-corrected chi connectivity index (χ3v) is 5.74. The van der Waals surface area contributed by atoms with E-state index in [4.69, 9.17) is 0 Å². The first-order valence-corrected chi connectivity index (χ1v) is 10.6. The Hall–Kier alpha value is -3.25. The van der Waals surface area contributed by atoms with E-state index in [2.05, 4.69) is 4.98 Å². The summed E-state index contributed by atoms with van der Waals surface area (Å²) >= 11 is 0. The van der Waals surface area contributed by atoms with E-state index < -0.39 is 65.9 Å². The molecule has 0 saturated carbocycles. The first kappa shape index (κ1) is 26.4. The van der Waals surface area contributed by atoms with Gasteiger partial charge in [0, 0.05) is 37.2 Å². The summed E-state index contributed by atoms with van der Waals surface area (Å²) in [5.41, 5.74) is -1.21. The molecule has 1 aromatic heterocycles. The normalized spacial score (nSPS) is 15.1. The predicted molar refractivity (Wildman–Crippen MR) is 111 cm³/mol. The summed E-state index contributed by atoms with van der Waals surface area (Å²) in [5, 5.41) is 9.81. The van der Waals surface area contributed by atoms with Crippen molar-refractivity contribution in [3.05, 3.63) is 52.9 Å². The van der Waals surface area contributed by atoms with Gasteiger partial charge in [0.2, 0.25) is 11.7 Å². The number of fused-ring (bicyclic) bond motifs is 1. The van der Waals surface area contributed by atoms with Crippen LogP contribution in [0.5, 0.6) is 0 Å². The zero-order valence-electron chi connectivity index (χ0n) is 19.2. The number of imidazole rings is 1. The lowest BCUT2D eigenvalue weighted by molar-refractivity contribution is -0.148. The zero-order valence-corrected chi connectivity index (χ0v) is 19.2. The van der Waals surface area contributed by atoms with Crippen molar-refractivity contribution in [1.29, 1.82) is 0 Å². The molecule has 0 spiro atoms. The Labute approximate surface area is 196 Å². The molecule has 1 atom stereocenters. The van der Waals surface area contributed by atoms with Gasteiger partial charge in [-0.1, -0.05) is 0 Å². The number of aromatic nitrogens is 2. The largest absolute Gasteiger partial charge is 0.465 e. The number of amides is 2. The average molecular weight is 506 g/mol. The smallest absolute Gasteiger partial charge is 0.449 e. The van der Waals surface area contributed by atoms with Gasteiger partial charge < -0.3 is 14.6 Å². The molecule has 0 aliphatic carbocycles. The first-order valence-electron chi connectivity index (χ1n) is 10.6. The van der Waals surface area contributed by atoms with Gasteiger partial charge in [0.05, 0.1) is 18.4 Å². The zero-order chi connectivity index (χ0) is 26.3. The van der Waals surface area contributed by atoms with Crippen LogP contribution in [0.1, 0.15) is 44.3 Å². The minimum atomic E-state index is -4.65. The molecule has 13 heteroatoms. The summed E-state index contributed by atoms with van der Waals surface area (Å²) in [6.07, 6.45) is -5.93. The number of benzene rings is 1. The maximum atomic E-state index is 14.3. The molecule has 3 rings (SSSR count). The van der Waals surface area contributed by atoms with Gasteiger partial charge in [-0.25, -0.2) is 22.9 Å². The Kier molecular flexibility index (Phi) is 7.09. The van der Waals surface area contributed by atoms with Crippen molar-refractivity contribution >= 4 is 12.0 Å². The van der Waals surface area contributed by atoms with Gasteiger partial charge in [0.25, 0.3) is 0 Å². The Bertz CT molecular complexity index is 1130. The Morgan fingerprint density at radius 1 is 1.09 bits per heavy atom. The molecule has 0 fully saturated rings.